The van der Waals surface area contributed by atoms with E-state index in [1.165, 1.54) is 18.2 Å². The molecule has 1 unspecified atom stereocenters. The van der Waals surface area contributed by atoms with E-state index in [2.05, 4.69) is 4.98 Å². The molecular weight excluding hydrogens is 442 g/mol. The molecule has 33 heavy (non-hydrogen) atoms. The van der Waals surface area contributed by atoms with Crippen molar-refractivity contribution in [3.8, 4) is 17.2 Å². The van der Waals surface area contributed by atoms with Gasteiger partial charge in [0.05, 0.1) is 0 Å². The first-order valence-corrected chi connectivity index (χ1v) is 10.6. The van der Waals surface area contributed by atoms with Crippen LogP contribution < -0.4 is 4.74 Å². The molecule has 0 aliphatic rings. The van der Waals surface area contributed by atoms with E-state index in [4.69, 9.17) is 25.5 Å². The van der Waals surface area contributed by atoms with Crippen molar-refractivity contribution >= 4 is 17.6 Å². The van der Waals surface area contributed by atoms with Crippen LogP contribution in [0, 0.1) is 6.92 Å². The summed E-state index contributed by atoms with van der Waals surface area (Å²) >= 11 is 6.01. The SMILES string of the molecule is COC(c1cccc(COc2cc(Cl)ccc2C(=O)O)c1)c1nc(-c2ccccc2)oc1C. The number of hydrogen-bond donors (Lipinski definition) is 1. The predicted octanol–water partition coefficient (Wildman–Crippen LogP) is 6.32. The number of carboxylic acid groups (broad SMARTS) is 1. The molecule has 1 N–H and O–H groups in total. The number of halogens is 1. The largest absolute Gasteiger partial charge is 0.488 e. The Kier molecular flexibility index (Phi) is 6.77. The molecule has 0 radical (unpaired) electrons. The van der Waals surface area contributed by atoms with Gasteiger partial charge in [-0.05, 0) is 54.4 Å². The number of hydrogen-bond acceptors (Lipinski definition) is 5. The Labute approximate surface area is 196 Å². The molecule has 0 fully saturated rings. The van der Waals surface area contributed by atoms with Crippen molar-refractivity contribution in [2.45, 2.75) is 19.6 Å². The molecule has 0 saturated carbocycles. The summed E-state index contributed by atoms with van der Waals surface area (Å²) in [6.07, 6.45) is -0.438. The first-order valence-electron chi connectivity index (χ1n) is 10.3. The molecule has 1 aromatic heterocycles. The first-order chi connectivity index (χ1) is 16.0. The van der Waals surface area contributed by atoms with Crippen LogP contribution in [0.25, 0.3) is 11.5 Å². The molecule has 0 aliphatic carbocycles. The van der Waals surface area contributed by atoms with Gasteiger partial charge < -0.3 is 19.0 Å². The van der Waals surface area contributed by atoms with E-state index in [0.717, 1.165) is 16.7 Å². The number of methoxy groups -OCH3 is 1. The van der Waals surface area contributed by atoms with Gasteiger partial charge in [-0.1, -0.05) is 48.0 Å². The van der Waals surface area contributed by atoms with Crippen LogP contribution in [0.5, 0.6) is 5.75 Å². The third-order valence-electron chi connectivity index (χ3n) is 5.16. The van der Waals surface area contributed by atoms with Crippen molar-refractivity contribution in [1.82, 2.24) is 4.98 Å². The molecule has 168 valence electrons. The van der Waals surface area contributed by atoms with Crippen molar-refractivity contribution in [2.75, 3.05) is 7.11 Å². The molecule has 0 saturated heterocycles. The molecule has 0 bridgehead atoms. The van der Waals surface area contributed by atoms with Gasteiger partial charge in [-0.3, -0.25) is 0 Å². The lowest BCUT2D eigenvalue weighted by molar-refractivity contribution is 0.0691. The van der Waals surface area contributed by atoms with E-state index in [1.54, 1.807) is 7.11 Å². The summed E-state index contributed by atoms with van der Waals surface area (Å²) in [5.41, 5.74) is 3.35. The van der Waals surface area contributed by atoms with E-state index in [1.807, 2.05) is 61.5 Å². The third kappa shape index (κ3) is 5.08. The molecule has 0 amide bonds. The van der Waals surface area contributed by atoms with Crippen molar-refractivity contribution in [2.24, 2.45) is 0 Å². The normalized spacial score (nSPS) is 11.8. The second-order valence-corrected chi connectivity index (χ2v) is 7.86. The van der Waals surface area contributed by atoms with E-state index in [9.17, 15) is 9.90 Å². The van der Waals surface area contributed by atoms with Gasteiger partial charge in [-0.15, -0.1) is 0 Å². The number of rotatable bonds is 8. The highest BCUT2D eigenvalue weighted by molar-refractivity contribution is 6.30. The summed E-state index contributed by atoms with van der Waals surface area (Å²) in [7, 11) is 1.62. The number of carboxylic acids is 1. The molecule has 4 rings (SSSR count). The van der Waals surface area contributed by atoms with Gasteiger partial charge in [0.15, 0.2) is 0 Å². The third-order valence-corrected chi connectivity index (χ3v) is 5.39. The maximum atomic E-state index is 11.5. The monoisotopic (exact) mass is 463 g/mol. The second kappa shape index (κ2) is 9.90. The number of nitrogens with zero attached hydrogens (tertiary/aromatic N) is 1. The van der Waals surface area contributed by atoms with Gasteiger partial charge in [0.1, 0.15) is 35.5 Å². The van der Waals surface area contributed by atoms with Crippen LogP contribution in [0.1, 0.15) is 39.0 Å². The van der Waals surface area contributed by atoms with Gasteiger partial charge >= 0.3 is 5.97 Å². The van der Waals surface area contributed by atoms with Crippen LogP contribution >= 0.6 is 11.6 Å². The molecule has 1 heterocycles. The average Bonchev–Trinajstić information content (AvgIpc) is 3.20. The van der Waals surface area contributed by atoms with Gasteiger partial charge in [0, 0.05) is 17.7 Å². The molecule has 4 aromatic rings. The summed E-state index contributed by atoms with van der Waals surface area (Å²) in [5, 5.41) is 9.79. The maximum Gasteiger partial charge on any atom is 0.339 e. The Morgan fingerprint density at radius 3 is 2.61 bits per heavy atom. The zero-order valence-corrected chi connectivity index (χ0v) is 18.9. The fraction of sp³-hybridized carbons (Fsp3) is 0.154. The van der Waals surface area contributed by atoms with E-state index >= 15 is 0 Å². The number of carbonyl (C=O) groups is 1. The van der Waals surface area contributed by atoms with Crippen LogP contribution in [0.3, 0.4) is 0 Å². The van der Waals surface area contributed by atoms with Crippen molar-refractivity contribution in [3.63, 3.8) is 0 Å². The Morgan fingerprint density at radius 2 is 1.88 bits per heavy atom. The van der Waals surface area contributed by atoms with Crippen LogP contribution in [-0.2, 0) is 11.3 Å². The van der Waals surface area contributed by atoms with E-state index in [-0.39, 0.29) is 17.9 Å². The Balaban J connectivity index is 1.58. The number of aromatic carboxylic acids is 1. The predicted molar refractivity (Wildman–Crippen MR) is 125 cm³/mol. The summed E-state index contributed by atoms with van der Waals surface area (Å²) in [5.74, 6) is 0.341. The minimum Gasteiger partial charge on any atom is -0.488 e. The van der Waals surface area contributed by atoms with Crippen LogP contribution in [0.15, 0.2) is 77.2 Å². The lowest BCUT2D eigenvalue weighted by Gasteiger charge is -2.16. The second-order valence-electron chi connectivity index (χ2n) is 7.42. The first kappa shape index (κ1) is 22.6. The summed E-state index contributed by atoms with van der Waals surface area (Å²) in [4.78, 5) is 16.2. The van der Waals surface area contributed by atoms with Crippen LogP contribution in [0.4, 0.5) is 0 Å². The quantitative estimate of drug-likeness (QED) is 0.329. The van der Waals surface area contributed by atoms with Crippen LogP contribution in [0.2, 0.25) is 5.02 Å². The fourth-order valence-corrected chi connectivity index (χ4v) is 3.72. The van der Waals surface area contributed by atoms with Crippen molar-refractivity contribution < 1.29 is 23.8 Å². The van der Waals surface area contributed by atoms with Gasteiger partial charge in [-0.25, -0.2) is 9.78 Å². The zero-order valence-electron chi connectivity index (χ0n) is 18.1. The molecular formula is C26H22ClNO5. The lowest BCUT2D eigenvalue weighted by atomic mass is 10.0. The minimum atomic E-state index is -1.08. The Bertz CT molecular complexity index is 1270. The molecule has 7 heteroatoms. The van der Waals surface area contributed by atoms with Gasteiger partial charge in [0.25, 0.3) is 0 Å². The highest BCUT2D eigenvalue weighted by Gasteiger charge is 2.22. The number of oxazole rings is 1. The summed E-state index contributed by atoms with van der Waals surface area (Å²) in [6, 6.07) is 21.8. The summed E-state index contributed by atoms with van der Waals surface area (Å²) < 4.78 is 17.5. The van der Waals surface area contributed by atoms with Gasteiger partial charge in [0.2, 0.25) is 5.89 Å². The summed E-state index contributed by atoms with van der Waals surface area (Å²) in [6.45, 7) is 2.03. The van der Waals surface area contributed by atoms with E-state index in [0.29, 0.717) is 22.4 Å². The van der Waals surface area contributed by atoms with E-state index < -0.39 is 12.1 Å². The topological polar surface area (TPSA) is 81.8 Å². The average molecular weight is 464 g/mol. The highest BCUT2D eigenvalue weighted by Crippen LogP contribution is 2.32. The minimum absolute atomic E-state index is 0.0528. The zero-order chi connectivity index (χ0) is 23.4. The van der Waals surface area contributed by atoms with Crippen molar-refractivity contribution in [1.29, 1.82) is 0 Å². The smallest absolute Gasteiger partial charge is 0.339 e. The highest BCUT2D eigenvalue weighted by atomic mass is 35.5. The number of aryl methyl sites for hydroxylation is 1. The standard InChI is InChI=1S/C26H22ClNO5/c1-16-23(28-25(33-16)18-8-4-3-5-9-18)24(31-2)19-10-6-7-17(13-19)15-32-22-14-20(27)11-12-21(22)26(29)30/h3-14,24H,15H2,1-2H3,(H,29,30). The van der Waals surface area contributed by atoms with Crippen LogP contribution in [-0.4, -0.2) is 23.2 Å². The number of aromatic nitrogens is 1. The van der Waals surface area contributed by atoms with Crippen molar-refractivity contribution in [3.05, 3.63) is 106 Å². The molecule has 3 aromatic carbocycles. The number of ether oxygens (including phenoxy) is 2. The molecule has 0 spiro atoms. The lowest BCUT2D eigenvalue weighted by Crippen LogP contribution is -2.07. The molecule has 0 aliphatic heterocycles. The maximum absolute atomic E-state index is 11.5. The number of benzene rings is 3. The molecule has 1 atom stereocenters. The Hall–Kier alpha value is -3.61. The fourth-order valence-electron chi connectivity index (χ4n) is 3.56. The Morgan fingerprint density at radius 1 is 1.09 bits per heavy atom. The van der Waals surface area contributed by atoms with Gasteiger partial charge in [-0.2, -0.15) is 0 Å². The molecule has 6 nitrogen and oxygen atoms in total.